The zero-order chi connectivity index (χ0) is 35.6. The highest BCUT2D eigenvalue weighted by Gasteiger charge is 2.46. The second kappa shape index (κ2) is 15.0. The molecule has 13 nitrogen and oxygen atoms in total. The summed E-state index contributed by atoms with van der Waals surface area (Å²) >= 11 is 13.3. The van der Waals surface area contributed by atoms with Crippen molar-refractivity contribution in [2.24, 2.45) is 17.8 Å². The number of alkyl carbamates (subject to hydrolysis) is 1. The van der Waals surface area contributed by atoms with Gasteiger partial charge in [-0.3, -0.25) is 14.6 Å². The van der Waals surface area contributed by atoms with Crippen LogP contribution in [-0.2, 0) is 20.8 Å². The smallest absolute Gasteiger partial charge is 0.407 e. The minimum Gasteiger partial charge on any atom is -0.495 e. The van der Waals surface area contributed by atoms with Crippen molar-refractivity contribution in [3.63, 3.8) is 0 Å². The highest BCUT2D eigenvalue weighted by atomic mass is 35.5. The van der Waals surface area contributed by atoms with Gasteiger partial charge in [-0.25, -0.2) is 14.6 Å². The number of esters is 1. The lowest BCUT2D eigenvalue weighted by molar-refractivity contribution is -0.153. The maximum Gasteiger partial charge on any atom is 0.407 e. The average molecular weight is 722 g/mol. The monoisotopic (exact) mass is 720 g/mol. The van der Waals surface area contributed by atoms with E-state index in [9.17, 15) is 14.4 Å². The van der Waals surface area contributed by atoms with E-state index >= 15 is 0 Å². The number of methoxy groups -OCH3 is 2. The van der Waals surface area contributed by atoms with E-state index in [1.165, 1.54) is 24.0 Å². The second-order valence-electron chi connectivity index (χ2n) is 13.8. The minimum atomic E-state index is -0.703. The molecule has 1 unspecified atom stereocenters. The number of hydrogen-bond acceptors (Lipinski definition) is 10. The van der Waals surface area contributed by atoms with Gasteiger partial charge in [0, 0.05) is 30.9 Å². The van der Waals surface area contributed by atoms with Crippen molar-refractivity contribution < 1.29 is 33.3 Å². The first-order valence-corrected chi connectivity index (χ1v) is 17.5. The molecule has 2 aromatic rings. The number of nitrogens with one attached hydrogen (secondary N) is 2. The molecule has 2 heterocycles. The Morgan fingerprint density at radius 2 is 1.69 bits per heavy atom. The molecule has 1 aliphatic heterocycles. The third kappa shape index (κ3) is 7.88. The largest absolute Gasteiger partial charge is 0.495 e. The summed E-state index contributed by atoms with van der Waals surface area (Å²) in [6.07, 6.45) is 6.38. The van der Waals surface area contributed by atoms with Gasteiger partial charge >= 0.3 is 18.1 Å². The van der Waals surface area contributed by atoms with Gasteiger partial charge in [-0.1, -0.05) is 48.9 Å². The number of urea groups is 1. The van der Waals surface area contributed by atoms with Gasteiger partial charge in [0.15, 0.2) is 0 Å². The number of nitrogens with zero attached hydrogens (tertiary/aromatic N) is 4. The molecule has 0 saturated heterocycles. The third-order valence-corrected chi connectivity index (χ3v) is 10.2. The molecule has 268 valence electrons. The number of rotatable bonds is 9. The van der Waals surface area contributed by atoms with Crippen molar-refractivity contribution in [1.29, 1.82) is 0 Å². The maximum absolute atomic E-state index is 13.8. The number of amides is 3. The molecule has 3 amide bonds. The van der Waals surface area contributed by atoms with Crippen LogP contribution in [0, 0.1) is 17.8 Å². The van der Waals surface area contributed by atoms with Gasteiger partial charge in [0.2, 0.25) is 5.95 Å². The van der Waals surface area contributed by atoms with E-state index < -0.39 is 23.8 Å². The highest BCUT2D eigenvalue weighted by molar-refractivity contribution is 6.42. The van der Waals surface area contributed by atoms with Crippen molar-refractivity contribution in [1.82, 2.24) is 15.3 Å². The summed E-state index contributed by atoms with van der Waals surface area (Å²) < 4.78 is 21.9. The Hall–Kier alpha value is -3.71. The molecule has 0 radical (unpaired) electrons. The van der Waals surface area contributed by atoms with Crippen LogP contribution in [0.25, 0.3) is 0 Å². The Kier molecular flexibility index (Phi) is 11.2. The van der Waals surface area contributed by atoms with Crippen molar-refractivity contribution >= 4 is 58.7 Å². The summed E-state index contributed by atoms with van der Waals surface area (Å²) in [6, 6.07) is 0.328. The number of fused-ring (bicyclic) bond motifs is 1. The summed E-state index contributed by atoms with van der Waals surface area (Å²) in [5.41, 5.74) is 0.197. The van der Waals surface area contributed by atoms with Crippen molar-refractivity contribution in [2.45, 2.75) is 90.4 Å². The zero-order valence-corrected chi connectivity index (χ0v) is 30.6. The van der Waals surface area contributed by atoms with Crippen LogP contribution in [0.5, 0.6) is 11.5 Å². The van der Waals surface area contributed by atoms with Gasteiger partial charge in [0.05, 0.1) is 45.0 Å². The summed E-state index contributed by atoms with van der Waals surface area (Å²) in [7, 11) is 4.54. The van der Waals surface area contributed by atoms with Crippen LogP contribution >= 0.6 is 23.2 Å². The molecule has 1 aromatic heterocycles. The Morgan fingerprint density at radius 3 is 2.29 bits per heavy atom. The molecule has 0 spiro atoms. The van der Waals surface area contributed by atoms with Crippen molar-refractivity contribution in [3.8, 4) is 11.5 Å². The van der Waals surface area contributed by atoms with E-state index in [1.807, 2.05) is 0 Å². The van der Waals surface area contributed by atoms with E-state index in [-0.39, 0.29) is 58.7 Å². The molecular weight excluding hydrogens is 675 g/mol. The normalized spacial score (nSPS) is 22.8. The van der Waals surface area contributed by atoms with Gasteiger partial charge in [0.25, 0.3) is 0 Å². The van der Waals surface area contributed by atoms with Crippen LogP contribution < -0.4 is 29.9 Å². The highest BCUT2D eigenvalue weighted by Crippen LogP contribution is 2.48. The number of benzene rings is 1. The first-order chi connectivity index (χ1) is 23.3. The lowest BCUT2D eigenvalue weighted by Crippen LogP contribution is -2.55. The van der Waals surface area contributed by atoms with Gasteiger partial charge in [-0.15, -0.1) is 0 Å². The SMILES string of the molecule is CCOC(=O)[C@H]1C[C@H](NC(=O)OC(C)(C)C)[C@H](Nc2ncc3c(n2)N(C)C(=O)N(c2c(Cl)c(OC)cc(OC)c2Cl)C3)CC1C1CCCC1. The number of aromatic nitrogens is 2. The average Bonchev–Trinajstić information content (AvgIpc) is 3.59. The molecule has 4 atom stereocenters. The molecular formula is C34H46Cl2N6O7. The molecule has 2 N–H and O–H groups in total. The Morgan fingerprint density at radius 1 is 1.04 bits per heavy atom. The van der Waals surface area contributed by atoms with Crippen LogP contribution in [0.15, 0.2) is 12.3 Å². The Balaban J connectivity index is 1.44. The number of hydrogen-bond donors (Lipinski definition) is 2. The van der Waals surface area contributed by atoms with Gasteiger partial charge in [0.1, 0.15) is 33.0 Å². The molecule has 49 heavy (non-hydrogen) atoms. The number of anilines is 3. The number of carbonyl (C=O) groups excluding carboxylic acids is 3. The van der Waals surface area contributed by atoms with Crippen LogP contribution in [0.4, 0.5) is 27.0 Å². The maximum atomic E-state index is 13.8. The molecule has 5 rings (SSSR count). The summed E-state index contributed by atoms with van der Waals surface area (Å²) in [4.78, 5) is 52.3. The molecule has 2 aliphatic carbocycles. The number of ether oxygens (including phenoxy) is 4. The van der Waals surface area contributed by atoms with Gasteiger partial charge in [-0.2, -0.15) is 4.98 Å². The van der Waals surface area contributed by atoms with Crippen LogP contribution in [0.2, 0.25) is 10.0 Å². The topological polar surface area (TPSA) is 144 Å². The number of carbonyl (C=O) groups is 3. The molecule has 3 aliphatic rings. The van der Waals surface area contributed by atoms with Crippen molar-refractivity contribution in [3.05, 3.63) is 27.9 Å². The van der Waals surface area contributed by atoms with E-state index in [4.69, 9.17) is 47.1 Å². The molecule has 15 heteroatoms. The van der Waals surface area contributed by atoms with Crippen molar-refractivity contribution in [2.75, 3.05) is 43.0 Å². The Bertz CT molecular complexity index is 1540. The fourth-order valence-corrected chi connectivity index (χ4v) is 7.97. The summed E-state index contributed by atoms with van der Waals surface area (Å²) in [5.74, 6) is 1.12. The first kappa shape index (κ1) is 36.6. The summed E-state index contributed by atoms with van der Waals surface area (Å²) in [5, 5.41) is 6.79. The first-order valence-electron chi connectivity index (χ1n) is 16.7. The van der Waals surface area contributed by atoms with Crippen LogP contribution in [0.3, 0.4) is 0 Å². The lowest BCUT2D eigenvalue weighted by atomic mass is 9.68. The second-order valence-corrected chi connectivity index (χ2v) is 14.5. The van der Waals surface area contributed by atoms with Crippen LogP contribution in [0.1, 0.15) is 71.8 Å². The van der Waals surface area contributed by atoms with E-state index in [0.29, 0.717) is 41.6 Å². The fraction of sp³-hybridized carbons (Fsp3) is 0.618. The molecule has 0 bridgehead atoms. The van der Waals surface area contributed by atoms with E-state index in [0.717, 1.165) is 25.7 Å². The predicted molar refractivity (Wildman–Crippen MR) is 187 cm³/mol. The quantitative estimate of drug-likeness (QED) is 0.265. The lowest BCUT2D eigenvalue weighted by Gasteiger charge is -2.43. The van der Waals surface area contributed by atoms with Crippen LogP contribution in [-0.4, -0.2) is 73.6 Å². The fourth-order valence-electron chi connectivity index (χ4n) is 7.27. The zero-order valence-electron chi connectivity index (χ0n) is 29.1. The van der Waals surface area contributed by atoms with Gasteiger partial charge in [-0.05, 0) is 52.4 Å². The molecule has 1 aromatic carbocycles. The summed E-state index contributed by atoms with van der Waals surface area (Å²) in [6.45, 7) is 7.58. The molecule has 2 saturated carbocycles. The minimum absolute atomic E-state index is 0.0560. The molecule has 2 fully saturated rings. The van der Waals surface area contributed by atoms with E-state index in [2.05, 4.69) is 15.6 Å². The third-order valence-electron chi connectivity index (χ3n) is 9.47. The number of halogens is 2. The van der Waals surface area contributed by atoms with Gasteiger partial charge < -0.3 is 29.6 Å². The Labute approximate surface area is 297 Å². The predicted octanol–water partition coefficient (Wildman–Crippen LogP) is 6.83. The standard InChI is InChI=1S/C34H46Cl2N6O7/c1-8-48-30(43)21-14-23(39-32(44)49-34(2,3)4)22(13-20(21)18-11-9-10-12-18)38-31-37-16-19-17-42(33(45)41(5)29(19)40-31)28-26(35)24(46-6)15-25(47-7)27(28)36/h15-16,18,20-23H,8-14,17H2,1-7H3,(H,39,44)(H,37,38,40)/t20?,21-,22+,23-/m0/s1. The van der Waals surface area contributed by atoms with E-state index in [1.54, 1.807) is 47.0 Å².